The molecule has 4 heteroatoms. The van der Waals surface area contributed by atoms with E-state index in [4.69, 9.17) is 0 Å². The highest BCUT2D eigenvalue weighted by atomic mass is 32.1. The maximum Gasteiger partial charge on any atom is 0.132 e. The van der Waals surface area contributed by atoms with Crippen LogP contribution in [0.25, 0.3) is 10.6 Å². The molecule has 0 spiro atoms. The Morgan fingerprint density at radius 2 is 2.19 bits per heavy atom. The Hall–Kier alpha value is -1.29. The van der Waals surface area contributed by atoms with Gasteiger partial charge in [0.2, 0.25) is 0 Å². The van der Waals surface area contributed by atoms with Crippen LogP contribution < -0.4 is 0 Å². The molecule has 82 valence electrons. The molecule has 1 aliphatic rings. The average molecular weight is 231 g/mol. The van der Waals surface area contributed by atoms with Crippen LogP contribution in [0.3, 0.4) is 0 Å². The Balaban J connectivity index is 1.99. The van der Waals surface area contributed by atoms with Crippen molar-refractivity contribution in [3.8, 4) is 10.6 Å². The minimum atomic E-state index is 0.577. The molecule has 0 radical (unpaired) electrons. The molecule has 1 fully saturated rings. The number of nitrogens with zero attached hydrogens (tertiary/aromatic N) is 3. The molecule has 2 aromatic rings. The summed E-state index contributed by atoms with van der Waals surface area (Å²) in [6.45, 7) is 4.27. The molecule has 2 aromatic heterocycles. The van der Waals surface area contributed by atoms with Crippen molar-refractivity contribution >= 4 is 11.3 Å². The van der Waals surface area contributed by atoms with Crippen molar-refractivity contribution in [1.29, 1.82) is 0 Å². The highest BCUT2D eigenvalue weighted by molar-refractivity contribution is 7.13. The zero-order valence-electron chi connectivity index (χ0n) is 9.34. The number of aryl methyl sites for hydroxylation is 1. The van der Waals surface area contributed by atoms with Crippen molar-refractivity contribution in [2.24, 2.45) is 5.92 Å². The molecule has 0 N–H and O–H groups in total. The van der Waals surface area contributed by atoms with Gasteiger partial charge in [-0.1, -0.05) is 6.92 Å². The molecule has 16 heavy (non-hydrogen) atoms. The van der Waals surface area contributed by atoms with Crippen LogP contribution in [0.4, 0.5) is 0 Å². The fourth-order valence-corrected chi connectivity index (χ4v) is 2.68. The van der Waals surface area contributed by atoms with Crippen LogP contribution in [0.1, 0.15) is 30.8 Å². The zero-order valence-corrected chi connectivity index (χ0v) is 10.2. The van der Waals surface area contributed by atoms with Crippen LogP contribution in [-0.4, -0.2) is 15.0 Å². The van der Waals surface area contributed by atoms with Crippen molar-refractivity contribution < 1.29 is 0 Å². The van der Waals surface area contributed by atoms with Gasteiger partial charge in [0, 0.05) is 12.1 Å². The van der Waals surface area contributed by atoms with E-state index in [0.29, 0.717) is 5.92 Å². The summed E-state index contributed by atoms with van der Waals surface area (Å²) in [5, 5.41) is 0. The van der Waals surface area contributed by atoms with Crippen LogP contribution in [-0.2, 0) is 0 Å². The van der Waals surface area contributed by atoms with E-state index < -0.39 is 0 Å². The summed E-state index contributed by atoms with van der Waals surface area (Å²) >= 11 is 1.64. The molecular weight excluding hydrogens is 218 g/mol. The maximum absolute atomic E-state index is 4.65. The third-order valence-corrected chi connectivity index (χ3v) is 4.04. The normalized spacial score (nSPS) is 23.4. The lowest BCUT2D eigenvalue weighted by Gasteiger charge is -2.01. The van der Waals surface area contributed by atoms with Crippen molar-refractivity contribution in [2.45, 2.75) is 26.2 Å². The Bertz CT molecular complexity index is 520. The summed E-state index contributed by atoms with van der Waals surface area (Å²) in [4.78, 5) is 14.4. The number of hydrogen-bond acceptors (Lipinski definition) is 4. The van der Waals surface area contributed by atoms with E-state index in [1.54, 1.807) is 11.3 Å². The molecular formula is C12H13N3S. The first kappa shape index (κ1) is 9.90. The number of thiazole rings is 1. The predicted molar refractivity (Wildman–Crippen MR) is 64.4 cm³/mol. The van der Waals surface area contributed by atoms with Gasteiger partial charge in [0.25, 0.3) is 0 Å². The Morgan fingerprint density at radius 1 is 1.38 bits per heavy atom. The minimum Gasteiger partial charge on any atom is -0.249 e. The summed E-state index contributed by atoms with van der Waals surface area (Å²) in [6.07, 6.45) is 3.09. The van der Waals surface area contributed by atoms with Gasteiger partial charge in [-0.05, 0) is 25.3 Å². The van der Waals surface area contributed by atoms with E-state index in [0.717, 1.165) is 28.0 Å². The standard InChI is InChI=1S/C12H13N3S/c1-7-5-9(7)12-13-4-3-10(15-12)11-8(2)14-6-16-11/h3-4,6-7,9H,5H2,1-2H3. The van der Waals surface area contributed by atoms with Gasteiger partial charge < -0.3 is 0 Å². The third-order valence-electron chi connectivity index (χ3n) is 3.09. The van der Waals surface area contributed by atoms with E-state index in [1.165, 1.54) is 6.42 Å². The van der Waals surface area contributed by atoms with Gasteiger partial charge in [-0.25, -0.2) is 15.0 Å². The highest BCUT2D eigenvalue weighted by Gasteiger charge is 2.36. The number of hydrogen-bond donors (Lipinski definition) is 0. The molecule has 2 unspecified atom stereocenters. The predicted octanol–water partition coefficient (Wildman–Crippen LogP) is 3.03. The molecule has 0 bridgehead atoms. The Morgan fingerprint density at radius 3 is 2.81 bits per heavy atom. The SMILES string of the molecule is Cc1ncsc1-c1ccnc(C2CC2C)n1. The molecule has 2 heterocycles. The lowest BCUT2D eigenvalue weighted by molar-refractivity contribution is 0.844. The summed E-state index contributed by atoms with van der Waals surface area (Å²) < 4.78 is 0. The minimum absolute atomic E-state index is 0.577. The third kappa shape index (κ3) is 1.63. The van der Waals surface area contributed by atoms with Gasteiger partial charge in [0.05, 0.1) is 21.8 Å². The van der Waals surface area contributed by atoms with Gasteiger partial charge in [-0.3, -0.25) is 0 Å². The topological polar surface area (TPSA) is 38.7 Å². The zero-order chi connectivity index (χ0) is 11.1. The second-order valence-corrected chi connectivity index (χ2v) is 5.24. The lowest BCUT2D eigenvalue weighted by atomic mass is 10.2. The molecule has 1 saturated carbocycles. The molecule has 0 aliphatic heterocycles. The van der Waals surface area contributed by atoms with Crippen molar-refractivity contribution in [1.82, 2.24) is 15.0 Å². The lowest BCUT2D eigenvalue weighted by Crippen LogP contribution is -1.94. The van der Waals surface area contributed by atoms with E-state index in [-0.39, 0.29) is 0 Å². The Kier molecular flexibility index (Phi) is 2.24. The molecule has 0 saturated heterocycles. The monoisotopic (exact) mass is 231 g/mol. The summed E-state index contributed by atoms with van der Waals surface area (Å²) in [5.74, 6) is 2.32. The van der Waals surface area contributed by atoms with E-state index >= 15 is 0 Å². The number of aromatic nitrogens is 3. The van der Waals surface area contributed by atoms with Crippen LogP contribution in [0.15, 0.2) is 17.8 Å². The summed E-state index contributed by atoms with van der Waals surface area (Å²) in [6, 6.07) is 1.97. The molecule has 0 amide bonds. The molecule has 1 aliphatic carbocycles. The van der Waals surface area contributed by atoms with Crippen molar-refractivity contribution in [3.63, 3.8) is 0 Å². The van der Waals surface area contributed by atoms with Crippen molar-refractivity contribution in [2.75, 3.05) is 0 Å². The second-order valence-electron chi connectivity index (χ2n) is 4.39. The highest BCUT2D eigenvalue weighted by Crippen LogP contribution is 2.45. The van der Waals surface area contributed by atoms with Crippen LogP contribution in [0, 0.1) is 12.8 Å². The smallest absolute Gasteiger partial charge is 0.132 e. The Labute approximate surface area is 98.6 Å². The maximum atomic E-state index is 4.65. The van der Waals surface area contributed by atoms with E-state index in [2.05, 4.69) is 21.9 Å². The fourth-order valence-electron chi connectivity index (χ4n) is 1.91. The van der Waals surface area contributed by atoms with Crippen LogP contribution in [0.5, 0.6) is 0 Å². The molecule has 3 nitrogen and oxygen atoms in total. The van der Waals surface area contributed by atoms with Crippen LogP contribution in [0.2, 0.25) is 0 Å². The first-order chi connectivity index (χ1) is 7.75. The van der Waals surface area contributed by atoms with Gasteiger partial charge in [0.1, 0.15) is 5.82 Å². The van der Waals surface area contributed by atoms with E-state index in [9.17, 15) is 0 Å². The molecule has 0 aromatic carbocycles. The number of rotatable bonds is 2. The first-order valence-electron chi connectivity index (χ1n) is 5.49. The molecule has 3 rings (SSSR count). The summed E-state index contributed by atoms with van der Waals surface area (Å²) in [5.41, 5.74) is 3.94. The van der Waals surface area contributed by atoms with Gasteiger partial charge in [0.15, 0.2) is 0 Å². The first-order valence-corrected chi connectivity index (χ1v) is 6.37. The van der Waals surface area contributed by atoms with Crippen molar-refractivity contribution in [3.05, 3.63) is 29.3 Å². The van der Waals surface area contributed by atoms with Gasteiger partial charge >= 0.3 is 0 Å². The van der Waals surface area contributed by atoms with E-state index in [1.807, 2.05) is 24.7 Å². The fraction of sp³-hybridized carbons (Fsp3) is 0.417. The average Bonchev–Trinajstić information content (AvgIpc) is 2.86. The van der Waals surface area contributed by atoms with Crippen LogP contribution >= 0.6 is 11.3 Å². The molecule has 2 atom stereocenters. The summed E-state index contributed by atoms with van der Waals surface area (Å²) in [7, 11) is 0. The quantitative estimate of drug-likeness (QED) is 0.797. The second kappa shape index (κ2) is 3.63. The van der Waals surface area contributed by atoms with Gasteiger partial charge in [-0.15, -0.1) is 11.3 Å². The largest absolute Gasteiger partial charge is 0.249 e. The van der Waals surface area contributed by atoms with Gasteiger partial charge in [-0.2, -0.15) is 0 Å².